The summed E-state index contributed by atoms with van der Waals surface area (Å²) < 4.78 is 2.01. The second kappa shape index (κ2) is 8.30. The number of piperidine rings is 2. The molecule has 3 aliphatic rings. The third kappa shape index (κ3) is 3.98. The van der Waals surface area contributed by atoms with E-state index in [1.807, 2.05) is 15.6 Å². The number of anilines is 1. The molecule has 6 nitrogen and oxygen atoms in total. The van der Waals surface area contributed by atoms with Crippen molar-refractivity contribution < 1.29 is 4.79 Å². The summed E-state index contributed by atoms with van der Waals surface area (Å²) in [5.74, 6) is 0.989. The first kappa shape index (κ1) is 20.6. The Balaban J connectivity index is 1.32. The Morgan fingerprint density at radius 1 is 1.03 bits per heavy atom. The Hall–Kier alpha value is -2.34. The van der Waals surface area contributed by atoms with Gasteiger partial charge in [0.25, 0.3) is 5.91 Å². The predicted molar refractivity (Wildman–Crippen MR) is 123 cm³/mol. The zero-order chi connectivity index (χ0) is 21.4. The first-order chi connectivity index (χ1) is 15.0. The third-order valence-corrected chi connectivity index (χ3v) is 7.45. The van der Waals surface area contributed by atoms with Crippen LogP contribution in [0, 0.1) is 0 Å². The van der Waals surface area contributed by atoms with Crippen molar-refractivity contribution in [3.8, 4) is 0 Å². The molecule has 1 N–H and O–H groups in total. The second-order valence-corrected chi connectivity index (χ2v) is 10.1. The van der Waals surface area contributed by atoms with Gasteiger partial charge in [-0.3, -0.25) is 4.79 Å². The Morgan fingerprint density at radius 3 is 2.45 bits per heavy atom. The fourth-order valence-electron chi connectivity index (χ4n) is 5.68. The average molecular weight is 422 g/mol. The molecule has 0 aliphatic carbocycles. The molecule has 0 bridgehead atoms. The summed E-state index contributed by atoms with van der Waals surface area (Å²) in [6, 6.07) is 11.3. The van der Waals surface area contributed by atoms with Crippen LogP contribution in [0.3, 0.4) is 0 Å². The maximum Gasteiger partial charge on any atom is 0.259 e. The highest BCUT2D eigenvalue weighted by atomic mass is 16.2. The van der Waals surface area contributed by atoms with Crippen LogP contribution in [0.25, 0.3) is 0 Å². The number of nitrogens with zero attached hydrogens (tertiary/aromatic N) is 4. The lowest BCUT2D eigenvalue weighted by molar-refractivity contribution is 0.0590. The van der Waals surface area contributed by atoms with Crippen LogP contribution >= 0.6 is 0 Å². The van der Waals surface area contributed by atoms with Gasteiger partial charge in [-0.25, -0.2) is 4.68 Å². The lowest BCUT2D eigenvalue weighted by Crippen LogP contribution is -2.48. The van der Waals surface area contributed by atoms with Gasteiger partial charge in [-0.15, -0.1) is 0 Å². The molecule has 1 aromatic heterocycles. The van der Waals surface area contributed by atoms with Gasteiger partial charge >= 0.3 is 0 Å². The van der Waals surface area contributed by atoms with Gasteiger partial charge in [0, 0.05) is 19.1 Å². The summed E-state index contributed by atoms with van der Waals surface area (Å²) in [7, 11) is 0. The Morgan fingerprint density at radius 2 is 1.74 bits per heavy atom. The normalized spacial score (nSPS) is 24.5. The number of hydrogen-bond acceptors (Lipinski definition) is 4. The van der Waals surface area contributed by atoms with Gasteiger partial charge in [0.15, 0.2) is 0 Å². The van der Waals surface area contributed by atoms with E-state index < -0.39 is 0 Å². The molecule has 2 aromatic rings. The molecule has 1 unspecified atom stereocenters. The molecule has 1 aromatic carbocycles. The van der Waals surface area contributed by atoms with Crippen molar-refractivity contribution in [2.45, 2.75) is 70.0 Å². The molecule has 6 heteroatoms. The van der Waals surface area contributed by atoms with Crippen LogP contribution in [0.2, 0.25) is 0 Å². The minimum atomic E-state index is -0.152. The highest BCUT2D eigenvalue weighted by molar-refractivity contribution is 5.99. The van der Waals surface area contributed by atoms with Gasteiger partial charge in [0.2, 0.25) is 0 Å². The van der Waals surface area contributed by atoms with Crippen LogP contribution in [0.1, 0.15) is 74.3 Å². The topological polar surface area (TPSA) is 53.4 Å². The molecule has 166 valence electrons. The van der Waals surface area contributed by atoms with E-state index in [4.69, 9.17) is 0 Å². The van der Waals surface area contributed by atoms with Gasteiger partial charge in [-0.2, -0.15) is 5.10 Å². The number of fused-ring (bicyclic) bond motifs is 1. The third-order valence-electron chi connectivity index (χ3n) is 7.45. The SMILES string of the molecule is CC1(C)CC(c2ccccc2)Nc2c(C(=O)N3CCC(N4CCCCC4)CC3)cnn21. The lowest BCUT2D eigenvalue weighted by atomic mass is 9.89. The van der Waals surface area contributed by atoms with E-state index in [1.54, 1.807) is 6.20 Å². The summed E-state index contributed by atoms with van der Waals surface area (Å²) >= 11 is 0. The molecule has 4 heterocycles. The smallest absolute Gasteiger partial charge is 0.259 e. The molecule has 2 fully saturated rings. The van der Waals surface area contributed by atoms with E-state index in [-0.39, 0.29) is 17.5 Å². The van der Waals surface area contributed by atoms with Crippen molar-refractivity contribution in [2.24, 2.45) is 0 Å². The van der Waals surface area contributed by atoms with Crippen molar-refractivity contribution in [3.05, 3.63) is 47.7 Å². The molecule has 5 rings (SSSR count). The number of carbonyl (C=O) groups is 1. The van der Waals surface area contributed by atoms with E-state index in [1.165, 1.54) is 37.9 Å². The molecule has 0 saturated carbocycles. The summed E-state index contributed by atoms with van der Waals surface area (Å²) in [4.78, 5) is 18.2. The van der Waals surface area contributed by atoms with E-state index in [9.17, 15) is 4.79 Å². The first-order valence-corrected chi connectivity index (χ1v) is 12.0. The van der Waals surface area contributed by atoms with Crippen LogP contribution in [0.5, 0.6) is 0 Å². The number of amides is 1. The second-order valence-electron chi connectivity index (χ2n) is 10.1. The largest absolute Gasteiger partial charge is 0.363 e. The molecule has 1 amide bonds. The standard InChI is InChI=1S/C25H35N5O/c1-25(2)17-22(19-9-5-3-6-10-19)27-23-21(18-26-30(23)25)24(31)29-15-11-20(12-16-29)28-13-7-4-8-14-28/h3,5-6,9-10,18,20,22,27H,4,7-8,11-17H2,1-2H3. The van der Waals surface area contributed by atoms with Crippen molar-refractivity contribution in [1.29, 1.82) is 0 Å². The number of nitrogens with one attached hydrogen (secondary N) is 1. The number of carbonyl (C=O) groups excluding carboxylic acids is 1. The fourth-order valence-corrected chi connectivity index (χ4v) is 5.68. The average Bonchev–Trinajstić information content (AvgIpc) is 3.25. The first-order valence-electron chi connectivity index (χ1n) is 12.0. The number of rotatable bonds is 3. The maximum absolute atomic E-state index is 13.5. The van der Waals surface area contributed by atoms with Crippen LogP contribution in [-0.4, -0.2) is 57.7 Å². The number of aromatic nitrogens is 2. The van der Waals surface area contributed by atoms with Crippen molar-refractivity contribution in [2.75, 3.05) is 31.5 Å². The van der Waals surface area contributed by atoms with Crippen molar-refractivity contribution >= 4 is 11.7 Å². The monoisotopic (exact) mass is 421 g/mol. The molecule has 1 atom stereocenters. The predicted octanol–water partition coefficient (Wildman–Crippen LogP) is 4.27. The van der Waals surface area contributed by atoms with E-state index in [0.717, 1.165) is 38.2 Å². The van der Waals surface area contributed by atoms with Crippen LogP contribution < -0.4 is 5.32 Å². The van der Waals surface area contributed by atoms with E-state index >= 15 is 0 Å². The maximum atomic E-state index is 13.5. The highest BCUT2D eigenvalue weighted by Gasteiger charge is 2.38. The van der Waals surface area contributed by atoms with Crippen molar-refractivity contribution in [3.63, 3.8) is 0 Å². The molecule has 2 saturated heterocycles. The minimum absolute atomic E-state index is 0.121. The Labute approximate surface area is 185 Å². The summed E-state index contributed by atoms with van der Waals surface area (Å²) in [6.45, 7) is 8.56. The van der Waals surface area contributed by atoms with Gasteiger partial charge in [-0.05, 0) is 64.6 Å². The quantitative estimate of drug-likeness (QED) is 0.804. The summed E-state index contributed by atoms with van der Waals surface area (Å²) in [5.41, 5.74) is 1.81. The van der Waals surface area contributed by atoms with Gasteiger partial charge in [-0.1, -0.05) is 36.8 Å². The van der Waals surface area contributed by atoms with Crippen LogP contribution in [-0.2, 0) is 5.54 Å². The minimum Gasteiger partial charge on any atom is -0.363 e. The Bertz CT molecular complexity index is 907. The van der Waals surface area contributed by atoms with E-state index in [2.05, 4.69) is 53.4 Å². The highest BCUT2D eigenvalue weighted by Crippen LogP contribution is 2.40. The molecule has 31 heavy (non-hydrogen) atoms. The number of hydrogen-bond donors (Lipinski definition) is 1. The molecular formula is C25H35N5O. The van der Waals surface area contributed by atoms with E-state index in [0.29, 0.717) is 11.6 Å². The number of benzene rings is 1. The fraction of sp³-hybridized carbons (Fsp3) is 0.600. The molecular weight excluding hydrogens is 386 g/mol. The summed E-state index contributed by atoms with van der Waals surface area (Å²) in [5, 5.41) is 8.28. The van der Waals surface area contributed by atoms with Crippen molar-refractivity contribution in [1.82, 2.24) is 19.6 Å². The van der Waals surface area contributed by atoms with Gasteiger partial charge in [0.05, 0.1) is 17.8 Å². The summed E-state index contributed by atoms with van der Waals surface area (Å²) in [6.07, 6.45) is 8.89. The van der Waals surface area contributed by atoms with Gasteiger partial charge < -0.3 is 15.1 Å². The zero-order valence-electron chi connectivity index (χ0n) is 18.9. The Kier molecular flexibility index (Phi) is 5.51. The molecule has 0 radical (unpaired) electrons. The zero-order valence-corrected chi connectivity index (χ0v) is 18.9. The van der Waals surface area contributed by atoms with Gasteiger partial charge in [0.1, 0.15) is 11.4 Å². The molecule has 0 spiro atoms. The van der Waals surface area contributed by atoms with Crippen LogP contribution in [0.4, 0.5) is 5.82 Å². The number of likely N-dealkylation sites (tertiary alicyclic amines) is 2. The lowest BCUT2D eigenvalue weighted by Gasteiger charge is -2.40. The molecule has 3 aliphatic heterocycles. The van der Waals surface area contributed by atoms with Crippen LogP contribution in [0.15, 0.2) is 36.5 Å².